The summed E-state index contributed by atoms with van der Waals surface area (Å²) in [5.41, 5.74) is 5.62. The Morgan fingerprint density at radius 2 is 1.76 bits per heavy atom. The maximum atomic E-state index is 11.2. The summed E-state index contributed by atoms with van der Waals surface area (Å²) in [6.07, 6.45) is 1.79. The predicted molar refractivity (Wildman–Crippen MR) is 73.3 cm³/mol. The Hall–Kier alpha value is -0.630. The molecule has 9 nitrogen and oxygen atoms in total. The molecule has 0 aliphatic rings. The molecule has 0 saturated carbocycles. The monoisotopic (exact) mass is 341 g/mol. The maximum Gasteiger partial charge on any atom is 0.341 e. The molecular formula is C10H19N2O7P2+. The Labute approximate surface area is 121 Å². The van der Waals surface area contributed by atoms with Crippen molar-refractivity contribution in [3.63, 3.8) is 0 Å². The molecule has 21 heavy (non-hydrogen) atoms. The average Bonchev–Trinajstić information content (AvgIpc) is 2.33. The molecule has 0 spiro atoms. The van der Waals surface area contributed by atoms with Crippen LogP contribution in [0.3, 0.4) is 0 Å². The van der Waals surface area contributed by atoms with E-state index in [1.807, 2.05) is 0 Å². The van der Waals surface area contributed by atoms with E-state index in [4.69, 9.17) is 25.3 Å². The zero-order valence-electron chi connectivity index (χ0n) is 11.1. The van der Waals surface area contributed by atoms with E-state index >= 15 is 0 Å². The van der Waals surface area contributed by atoms with Crippen LogP contribution in [-0.4, -0.2) is 42.7 Å². The van der Waals surface area contributed by atoms with Crippen LogP contribution in [0.2, 0.25) is 0 Å². The van der Waals surface area contributed by atoms with Crippen LogP contribution in [0, 0.1) is 0 Å². The van der Waals surface area contributed by atoms with Crippen molar-refractivity contribution in [1.82, 2.24) is 0 Å². The molecule has 7 N–H and O–H groups in total. The molecule has 1 atom stereocenters. The molecule has 11 heteroatoms. The molecule has 0 amide bonds. The Morgan fingerprint density at radius 1 is 1.19 bits per heavy atom. The Bertz CT molecular complexity index is 548. The van der Waals surface area contributed by atoms with E-state index in [9.17, 15) is 14.2 Å². The first-order valence-corrected chi connectivity index (χ1v) is 9.37. The number of hydrogen-bond donors (Lipinski definition) is 6. The third-order valence-electron chi connectivity index (χ3n) is 2.81. The first-order chi connectivity index (χ1) is 9.54. The summed E-state index contributed by atoms with van der Waals surface area (Å²) in [6.45, 7) is 0.214. The van der Waals surface area contributed by atoms with Gasteiger partial charge in [0.05, 0.1) is 0 Å². The van der Waals surface area contributed by atoms with Crippen LogP contribution in [0.25, 0.3) is 0 Å². The first-order valence-electron chi connectivity index (χ1n) is 6.00. The van der Waals surface area contributed by atoms with Crippen LogP contribution in [0.5, 0.6) is 0 Å². The maximum absolute atomic E-state index is 11.2. The SMILES string of the molecule is NCC(O)C[n+]1cccc(CC(P(=O)(O)O)P(=O)(O)O)c1. The van der Waals surface area contributed by atoms with Gasteiger partial charge in [0.1, 0.15) is 6.10 Å². The van der Waals surface area contributed by atoms with Crippen molar-refractivity contribution < 1.29 is 38.4 Å². The number of nitrogens with two attached hydrogens (primary N) is 1. The smallest absolute Gasteiger partial charge is 0.341 e. The molecule has 1 aromatic heterocycles. The largest absolute Gasteiger partial charge is 0.385 e. The number of pyridine rings is 1. The Kier molecular flexibility index (Phi) is 6.22. The van der Waals surface area contributed by atoms with Crippen molar-refractivity contribution in [2.24, 2.45) is 5.73 Å². The number of aliphatic hydroxyl groups is 1. The Balaban J connectivity index is 2.98. The van der Waals surface area contributed by atoms with Crippen molar-refractivity contribution in [2.45, 2.75) is 24.5 Å². The number of nitrogens with zero attached hydrogens (tertiary/aromatic N) is 1. The molecule has 0 aliphatic heterocycles. The molecule has 0 bridgehead atoms. The lowest BCUT2D eigenvalue weighted by atomic mass is 10.2. The lowest BCUT2D eigenvalue weighted by Crippen LogP contribution is -2.42. The molecule has 0 aromatic carbocycles. The summed E-state index contributed by atoms with van der Waals surface area (Å²) in [5.74, 6) is 0. The minimum absolute atomic E-state index is 0.0464. The molecule has 120 valence electrons. The van der Waals surface area contributed by atoms with E-state index in [0.29, 0.717) is 5.56 Å². The second-order valence-electron chi connectivity index (χ2n) is 4.66. The lowest BCUT2D eigenvalue weighted by Gasteiger charge is -2.19. The van der Waals surface area contributed by atoms with E-state index < -0.39 is 33.1 Å². The number of aromatic nitrogens is 1. The fourth-order valence-corrected chi connectivity index (χ4v) is 4.24. The standard InChI is InChI=1S/C10H18N2O7P2/c11-5-9(13)7-12-3-1-2-8(6-12)4-10(20(14,15)16)21(17,18)19/h1-3,6,9-10,13H,4-5,7,11H2,(H3-,14,15,16,17,18,19)/p+1. The molecular weight excluding hydrogens is 322 g/mol. The predicted octanol–water partition coefficient (Wildman–Crippen LogP) is -1.48. The van der Waals surface area contributed by atoms with Crippen molar-refractivity contribution in [3.05, 3.63) is 30.1 Å². The van der Waals surface area contributed by atoms with Gasteiger partial charge in [0.2, 0.25) is 0 Å². The van der Waals surface area contributed by atoms with E-state index in [1.165, 1.54) is 16.8 Å². The third kappa shape index (κ3) is 5.94. The third-order valence-corrected chi connectivity index (χ3v) is 6.53. The van der Waals surface area contributed by atoms with E-state index in [0.717, 1.165) is 0 Å². The molecule has 1 heterocycles. The van der Waals surface area contributed by atoms with Crippen LogP contribution >= 0.6 is 15.2 Å². The van der Waals surface area contributed by atoms with Gasteiger partial charge in [-0.05, 0) is 6.07 Å². The van der Waals surface area contributed by atoms with E-state index in [1.54, 1.807) is 12.3 Å². The minimum atomic E-state index is -4.95. The van der Waals surface area contributed by atoms with Crippen LogP contribution in [0.15, 0.2) is 24.5 Å². The van der Waals surface area contributed by atoms with Crippen molar-refractivity contribution in [3.8, 4) is 0 Å². The van der Waals surface area contributed by atoms with Crippen LogP contribution in [0.4, 0.5) is 0 Å². The van der Waals surface area contributed by atoms with Gasteiger partial charge in [-0.3, -0.25) is 9.13 Å². The van der Waals surface area contributed by atoms with Gasteiger partial charge in [-0.15, -0.1) is 0 Å². The highest BCUT2D eigenvalue weighted by atomic mass is 31.2. The van der Waals surface area contributed by atoms with Gasteiger partial charge >= 0.3 is 15.2 Å². The van der Waals surface area contributed by atoms with Gasteiger partial charge in [0.25, 0.3) is 0 Å². The highest BCUT2D eigenvalue weighted by Gasteiger charge is 2.43. The van der Waals surface area contributed by atoms with Gasteiger partial charge in [-0.25, -0.2) is 4.57 Å². The topological polar surface area (TPSA) is 165 Å². The molecule has 0 aliphatic carbocycles. The minimum Gasteiger partial charge on any atom is -0.385 e. The summed E-state index contributed by atoms with van der Waals surface area (Å²) in [5, 5.41) is 7.36. The summed E-state index contributed by atoms with van der Waals surface area (Å²) < 4.78 is 24.0. The summed E-state index contributed by atoms with van der Waals surface area (Å²) in [4.78, 5) is 36.3. The summed E-state index contributed by atoms with van der Waals surface area (Å²) >= 11 is 0. The van der Waals surface area contributed by atoms with Gasteiger partial charge in [-0.2, -0.15) is 0 Å². The van der Waals surface area contributed by atoms with Gasteiger partial charge in [0.15, 0.2) is 24.3 Å². The van der Waals surface area contributed by atoms with Gasteiger partial charge in [0, 0.05) is 24.6 Å². The molecule has 0 fully saturated rings. The quantitative estimate of drug-likeness (QED) is 0.258. The molecule has 1 rings (SSSR count). The first kappa shape index (κ1) is 18.4. The molecule has 1 aromatic rings. The zero-order chi connectivity index (χ0) is 16.3. The number of hydrogen-bond acceptors (Lipinski definition) is 4. The number of aliphatic hydroxyl groups excluding tert-OH is 1. The van der Waals surface area contributed by atoms with E-state index in [2.05, 4.69) is 0 Å². The van der Waals surface area contributed by atoms with Crippen LogP contribution in [0.1, 0.15) is 5.56 Å². The fraction of sp³-hybridized carbons (Fsp3) is 0.500. The number of rotatable bonds is 7. The van der Waals surface area contributed by atoms with Crippen molar-refractivity contribution >= 4 is 15.2 Å². The van der Waals surface area contributed by atoms with E-state index in [-0.39, 0.29) is 13.1 Å². The lowest BCUT2D eigenvalue weighted by molar-refractivity contribution is -0.703. The van der Waals surface area contributed by atoms with Gasteiger partial charge < -0.3 is 30.4 Å². The summed E-state index contributed by atoms with van der Waals surface area (Å²) in [6, 6.07) is 3.04. The highest BCUT2D eigenvalue weighted by molar-refractivity contribution is 7.70. The van der Waals surface area contributed by atoms with Gasteiger partial charge in [-0.1, -0.05) is 0 Å². The molecule has 1 unspecified atom stereocenters. The fourth-order valence-electron chi connectivity index (χ4n) is 1.77. The average molecular weight is 341 g/mol. The van der Waals surface area contributed by atoms with Crippen LogP contribution < -0.4 is 10.3 Å². The molecule has 0 radical (unpaired) electrons. The summed E-state index contributed by atoms with van der Waals surface area (Å²) in [7, 11) is -9.91. The second-order valence-corrected chi connectivity index (χ2v) is 8.67. The second kappa shape index (κ2) is 7.09. The zero-order valence-corrected chi connectivity index (χ0v) is 12.8. The van der Waals surface area contributed by atoms with Crippen molar-refractivity contribution in [1.29, 1.82) is 0 Å². The molecule has 0 saturated heterocycles. The Morgan fingerprint density at radius 3 is 2.24 bits per heavy atom. The normalized spacial score (nSPS) is 14.4. The van der Waals surface area contributed by atoms with Crippen molar-refractivity contribution in [2.75, 3.05) is 6.54 Å². The van der Waals surface area contributed by atoms with Crippen LogP contribution in [-0.2, 0) is 22.1 Å². The highest BCUT2D eigenvalue weighted by Crippen LogP contribution is 2.60.